The highest BCUT2D eigenvalue weighted by Crippen LogP contribution is 2.52. The predicted molar refractivity (Wildman–Crippen MR) is 257 cm³/mol. The zero-order valence-corrected chi connectivity index (χ0v) is 34.4. The van der Waals surface area contributed by atoms with Crippen LogP contribution in [-0.2, 0) is 5.41 Å². The molecule has 0 saturated carbocycles. The first-order valence-corrected chi connectivity index (χ1v) is 21.2. The van der Waals surface area contributed by atoms with Crippen molar-refractivity contribution in [2.75, 3.05) is 0 Å². The van der Waals surface area contributed by atoms with Crippen LogP contribution in [0.2, 0.25) is 0 Å². The highest BCUT2D eigenvalue weighted by molar-refractivity contribution is 6.21. The Morgan fingerprint density at radius 2 is 0.833 bits per heavy atom. The molecule has 0 aliphatic heterocycles. The lowest BCUT2D eigenvalue weighted by atomic mass is 9.81. The van der Waals surface area contributed by atoms with Crippen molar-refractivity contribution in [3.8, 4) is 55.6 Å². The van der Waals surface area contributed by atoms with Crippen molar-refractivity contribution in [1.82, 2.24) is 0 Å². The Kier molecular flexibility index (Phi) is 8.36. The fraction of sp³-hybridized carbons (Fsp3) is 0.0847. The van der Waals surface area contributed by atoms with E-state index in [1.165, 1.54) is 99.1 Å². The zero-order chi connectivity index (χ0) is 40.5. The van der Waals surface area contributed by atoms with Crippen LogP contribution in [0.4, 0.5) is 0 Å². The number of para-hydroxylation sites is 1. The minimum Gasteiger partial charge on any atom is -0.456 e. The summed E-state index contributed by atoms with van der Waals surface area (Å²) in [6, 6.07) is 71.5. The van der Waals surface area contributed by atoms with E-state index in [2.05, 4.69) is 196 Å². The second kappa shape index (κ2) is 14.0. The molecule has 0 fully saturated rings. The summed E-state index contributed by atoms with van der Waals surface area (Å²) in [5.74, 6) is 0. The second-order valence-corrected chi connectivity index (χ2v) is 16.4. The van der Waals surface area contributed by atoms with Crippen LogP contribution >= 0.6 is 0 Å². The van der Waals surface area contributed by atoms with Crippen LogP contribution in [-0.4, -0.2) is 0 Å². The molecule has 0 bridgehead atoms. The van der Waals surface area contributed by atoms with Crippen LogP contribution in [0.25, 0.3) is 110 Å². The summed E-state index contributed by atoms with van der Waals surface area (Å²) in [5, 5.41) is 9.94. The van der Waals surface area contributed by atoms with Gasteiger partial charge in [0, 0.05) is 16.2 Å². The molecule has 11 aromatic rings. The molecule has 10 aromatic carbocycles. The number of furan rings is 1. The molecule has 0 saturated heterocycles. The van der Waals surface area contributed by atoms with Gasteiger partial charge in [0.25, 0.3) is 0 Å². The molecular formula is C59H44O. The summed E-state index contributed by atoms with van der Waals surface area (Å²) in [6.07, 6.45) is 0. The standard InChI is InChI=1S/C57H38O.C2H6/c1-57(2)50-30-27-36-12-3-4-15-42(36)56(50)48-29-26-40(34-51(48)57)38-13-11-14-41(32-38)55-46-19-7-5-17-44(46)54(45-18-6-8-20-47(45)55)37-24-22-35(23-25-37)39-28-31-53-49(33-39)43-16-9-10-21-52(43)58-53;1-2/h3-34H,1-2H3;1-2H3. The van der Waals surface area contributed by atoms with Crippen molar-refractivity contribution in [1.29, 1.82) is 0 Å². The van der Waals surface area contributed by atoms with Gasteiger partial charge in [-0.2, -0.15) is 0 Å². The van der Waals surface area contributed by atoms with Crippen LogP contribution in [0.5, 0.6) is 0 Å². The fourth-order valence-corrected chi connectivity index (χ4v) is 10.0. The van der Waals surface area contributed by atoms with Gasteiger partial charge in [-0.1, -0.05) is 191 Å². The first-order valence-electron chi connectivity index (χ1n) is 21.2. The number of hydrogen-bond donors (Lipinski definition) is 0. The first kappa shape index (κ1) is 35.9. The Balaban J connectivity index is 0.00000201. The van der Waals surface area contributed by atoms with Crippen molar-refractivity contribution < 1.29 is 4.42 Å². The van der Waals surface area contributed by atoms with Gasteiger partial charge in [0.15, 0.2) is 0 Å². The monoisotopic (exact) mass is 768 g/mol. The van der Waals surface area contributed by atoms with E-state index in [4.69, 9.17) is 4.42 Å². The fourth-order valence-electron chi connectivity index (χ4n) is 10.0. The van der Waals surface area contributed by atoms with Crippen LogP contribution in [0.15, 0.2) is 199 Å². The maximum absolute atomic E-state index is 6.12. The molecule has 0 N–H and O–H groups in total. The third-order valence-electron chi connectivity index (χ3n) is 12.9. The lowest BCUT2D eigenvalue weighted by Crippen LogP contribution is -2.15. The summed E-state index contributed by atoms with van der Waals surface area (Å²) in [6.45, 7) is 8.75. The van der Waals surface area contributed by atoms with E-state index in [0.717, 1.165) is 21.9 Å². The van der Waals surface area contributed by atoms with E-state index < -0.39 is 0 Å². The van der Waals surface area contributed by atoms with Gasteiger partial charge < -0.3 is 4.42 Å². The molecule has 1 heteroatoms. The quantitative estimate of drug-likeness (QED) is 0.163. The molecule has 0 atom stereocenters. The molecule has 0 unspecified atom stereocenters. The highest BCUT2D eigenvalue weighted by Gasteiger charge is 2.36. The molecule has 1 aliphatic carbocycles. The van der Waals surface area contributed by atoms with Gasteiger partial charge in [0.05, 0.1) is 0 Å². The molecule has 60 heavy (non-hydrogen) atoms. The molecule has 1 aliphatic rings. The molecule has 0 amide bonds. The lowest BCUT2D eigenvalue weighted by molar-refractivity contribution is 0.661. The third-order valence-corrected chi connectivity index (χ3v) is 12.9. The van der Waals surface area contributed by atoms with Gasteiger partial charge in [-0.3, -0.25) is 0 Å². The minimum atomic E-state index is -0.0922. The predicted octanol–water partition coefficient (Wildman–Crippen LogP) is 17.0. The van der Waals surface area contributed by atoms with Gasteiger partial charge in [0.1, 0.15) is 11.2 Å². The number of fused-ring (bicyclic) bond motifs is 10. The number of hydrogen-bond acceptors (Lipinski definition) is 1. The smallest absolute Gasteiger partial charge is 0.135 e. The van der Waals surface area contributed by atoms with E-state index in [1.807, 2.05) is 26.0 Å². The summed E-state index contributed by atoms with van der Waals surface area (Å²) >= 11 is 0. The van der Waals surface area contributed by atoms with E-state index >= 15 is 0 Å². The van der Waals surface area contributed by atoms with Crippen molar-refractivity contribution in [3.63, 3.8) is 0 Å². The summed E-state index contributed by atoms with van der Waals surface area (Å²) in [5.41, 5.74) is 17.1. The van der Waals surface area contributed by atoms with Crippen molar-refractivity contribution in [2.45, 2.75) is 33.1 Å². The van der Waals surface area contributed by atoms with E-state index in [1.54, 1.807) is 0 Å². The van der Waals surface area contributed by atoms with Crippen molar-refractivity contribution >= 4 is 54.3 Å². The average Bonchev–Trinajstić information content (AvgIpc) is 3.80. The Hall–Kier alpha value is -7.22. The Labute approximate surface area is 351 Å². The lowest BCUT2D eigenvalue weighted by Gasteiger charge is -2.22. The van der Waals surface area contributed by atoms with Gasteiger partial charge >= 0.3 is 0 Å². The number of benzene rings is 10. The Morgan fingerprint density at radius 3 is 1.55 bits per heavy atom. The maximum Gasteiger partial charge on any atom is 0.135 e. The molecule has 1 heterocycles. The average molecular weight is 769 g/mol. The van der Waals surface area contributed by atoms with Gasteiger partial charge in [-0.25, -0.2) is 0 Å². The number of rotatable bonds is 4. The van der Waals surface area contributed by atoms with Crippen LogP contribution in [0.3, 0.4) is 0 Å². The zero-order valence-electron chi connectivity index (χ0n) is 34.4. The summed E-state index contributed by atoms with van der Waals surface area (Å²) in [7, 11) is 0. The van der Waals surface area contributed by atoms with Crippen molar-refractivity contribution in [3.05, 3.63) is 205 Å². The first-order chi connectivity index (χ1) is 29.5. The van der Waals surface area contributed by atoms with Gasteiger partial charge in [-0.05, 0) is 129 Å². The van der Waals surface area contributed by atoms with Crippen molar-refractivity contribution in [2.24, 2.45) is 0 Å². The molecular weight excluding hydrogens is 725 g/mol. The Morgan fingerprint density at radius 1 is 0.317 bits per heavy atom. The maximum atomic E-state index is 6.12. The van der Waals surface area contributed by atoms with Crippen LogP contribution < -0.4 is 0 Å². The molecule has 1 nitrogen and oxygen atoms in total. The third kappa shape index (κ3) is 5.46. The second-order valence-electron chi connectivity index (χ2n) is 16.4. The van der Waals surface area contributed by atoms with Gasteiger partial charge in [-0.15, -0.1) is 0 Å². The van der Waals surface area contributed by atoms with E-state index in [0.29, 0.717) is 0 Å². The van der Waals surface area contributed by atoms with Gasteiger partial charge in [0.2, 0.25) is 0 Å². The van der Waals surface area contributed by atoms with E-state index in [9.17, 15) is 0 Å². The van der Waals surface area contributed by atoms with Crippen LogP contribution in [0, 0.1) is 0 Å². The molecule has 0 radical (unpaired) electrons. The topological polar surface area (TPSA) is 13.1 Å². The molecule has 12 rings (SSSR count). The molecule has 0 spiro atoms. The highest BCUT2D eigenvalue weighted by atomic mass is 16.3. The summed E-state index contributed by atoms with van der Waals surface area (Å²) < 4.78 is 6.12. The van der Waals surface area contributed by atoms with Crippen LogP contribution in [0.1, 0.15) is 38.8 Å². The minimum absolute atomic E-state index is 0.0922. The summed E-state index contributed by atoms with van der Waals surface area (Å²) in [4.78, 5) is 0. The largest absolute Gasteiger partial charge is 0.456 e. The SMILES string of the molecule is CC.CC1(C)c2cc(-c3cccc(-c4c5ccccc5c(-c5ccc(-c6ccc7oc8ccccc8c7c6)cc5)c5ccccc45)c3)ccc2-c2c1ccc1ccccc21. The Bertz CT molecular complexity index is 3410. The molecule has 286 valence electrons. The van der Waals surface area contributed by atoms with E-state index in [-0.39, 0.29) is 5.41 Å². The molecule has 1 aromatic heterocycles. The normalized spacial score (nSPS) is 12.8.